The number of aromatic nitrogens is 2. The molecule has 2 aromatic heterocycles. The topological polar surface area (TPSA) is 171 Å². The molecular formula is C50H26N4O10. The zero-order valence-corrected chi connectivity index (χ0v) is 32.9. The van der Waals surface area contributed by atoms with Gasteiger partial charge in [0.2, 0.25) is 0 Å². The maximum Gasteiger partial charge on any atom is 0.266 e. The Hall–Kier alpha value is -9.30. The maximum absolute atomic E-state index is 13.7. The molecule has 0 saturated carbocycles. The molecule has 64 heavy (non-hydrogen) atoms. The number of nitrogens with zero attached hydrogens (tertiary/aromatic N) is 4. The Kier molecular flexibility index (Phi) is 8.33. The molecule has 0 spiro atoms. The van der Waals surface area contributed by atoms with Crippen molar-refractivity contribution < 1.29 is 28.7 Å². The Labute approximate surface area is 358 Å². The number of hydrogen-bond acceptors (Lipinski definition) is 10. The highest BCUT2D eigenvalue weighted by atomic mass is 16.5. The van der Waals surface area contributed by atoms with E-state index in [4.69, 9.17) is 9.47 Å². The molecule has 0 saturated heterocycles. The van der Waals surface area contributed by atoms with Crippen LogP contribution in [-0.2, 0) is 0 Å². The van der Waals surface area contributed by atoms with Gasteiger partial charge in [-0.1, -0.05) is 24.3 Å². The predicted molar refractivity (Wildman–Crippen MR) is 236 cm³/mol. The predicted octanol–water partition coefficient (Wildman–Crippen LogP) is 7.08. The van der Waals surface area contributed by atoms with E-state index < -0.39 is 45.9 Å². The van der Waals surface area contributed by atoms with Gasteiger partial charge in [-0.3, -0.25) is 38.4 Å². The van der Waals surface area contributed by atoms with Crippen molar-refractivity contribution in [2.45, 2.75) is 0 Å². The van der Waals surface area contributed by atoms with Crippen molar-refractivity contribution in [2.24, 2.45) is 0 Å². The lowest BCUT2D eigenvalue weighted by Crippen LogP contribution is -2.29. The molecule has 0 fully saturated rings. The van der Waals surface area contributed by atoms with Gasteiger partial charge < -0.3 is 9.47 Å². The van der Waals surface area contributed by atoms with Crippen LogP contribution in [-0.4, -0.2) is 32.8 Å². The average Bonchev–Trinajstić information content (AvgIpc) is 3.92. The van der Waals surface area contributed by atoms with Crippen molar-refractivity contribution in [3.8, 4) is 34.4 Å². The average molecular weight is 843 g/mol. The van der Waals surface area contributed by atoms with Gasteiger partial charge >= 0.3 is 0 Å². The molecule has 7 aromatic carbocycles. The molecular weight excluding hydrogens is 817 g/mol. The van der Waals surface area contributed by atoms with E-state index in [0.717, 1.165) is 18.9 Å². The van der Waals surface area contributed by atoms with Gasteiger partial charge in [0.05, 0.1) is 66.5 Å². The van der Waals surface area contributed by atoms with Crippen molar-refractivity contribution >= 4 is 56.5 Å². The van der Waals surface area contributed by atoms with Crippen molar-refractivity contribution in [1.82, 2.24) is 9.13 Å². The maximum atomic E-state index is 13.7. The number of rotatable bonds is 8. The summed E-state index contributed by atoms with van der Waals surface area (Å²) in [6.45, 7) is 0. The van der Waals surface area contributed by atoms with Crippen LogP contribution in [0, 0.1) is 0 Å². The van der Waals surface area contributed by atoms with Crippen molar-refractivity contribution in [3.05, 3.63) is 221 Å². The fourth-order valence-electron chi connectivity index (χ4n) is 8.22. The number of ether oxygens (including phenoxy) is 2. The molecule has 0 radical (unpaired) electrons. The molecule has 306 valence electrons. The van der Waals surface area contributed by atoms with Crippen LogP contribution in [0.15, 0.2) is 177 Å². The summed E-state index contributed by atoms with van der Waals surface area (Å²) in [6, 6.07) is 40.9. The van der Waals surface area contributed by atoms with E-state index in [-0.39, 0.29) is 32.9 Å². The van der Waals surface area contributed by atoms with Gasteiger partial charge in [-0.05, 0) is 133 Å². The normalized spacial score (nSPS) is 13.3. The summed E-state index contributed by atoms with van der Waals surface area (Å²) in [5.74, 6) is -0.0879. The standard InChI is InChI=1S/C50H26N4O10/c55-43-35-5-1-2-6-36(35)44(56)51(43)27-9-17-31(18-10-27)63-33-21-13-29(14-22-33)53-47(59)39-25-41-42(26-40(39)48(53)60)50(62)54(49(41)61)30-15-23-34(24-16-30)64-32-19-11-28(12-20-32)52-45(57)37-7-3-4-8-38(37)46(52)58/h1-26H. The lowest BCUT2D eigenvalue weighted by atomic mass is 10.1. The Bertz CT molecular complexity index is 3320. The summed E-state index contributed by atoms with van der Waals surface area (Å²) in [5, 5.41) is -0.100. The molecule has 0 atom stereocenters. The second-order valence-corrected chi connectivity index (χ2v) is 15.0. The van der Waals surface area contributed by atoms with Gasteiger partial charge in [0.25, 0.3) is 45.9 Å². The third-order valence-electron chi connectivity index (χ3n) is 11.3. The lowest BCUT2D eigenvalue weighted by molar-refractivity contribution is 0.0910. The first-order valence-electron chi connectivity index (χ1n) is 19.7. The van der Waals surface area contributed by atoms with E-state index in [1.807, 2.05) is 0 Å². The molecule has 0 N–H and O–H groups in total. The van der Waals surface area contributed by atoms with E-state index in [0.29, 0.717) is 56.6 Å². The van der Waals surface area contributed by atoms with Crippen LogP contribution >= 0.6 is 0 Å². The number of fused-ring (bicyclic) bond motifs is 4. The summed E-state index contributed by atoms with van der Waals surface area (Å²) >= 11 is 0. The number of imide groups is 2. The molecule has 4 heterocycles. The zero-order valence-electron chi connectivity index (χ0n) is 32.9. The number of carbonyl (C=O) groups excluding carboxylic acids is 4. The van der Waals surface area contributed by atoms with Crippen LogP contribution in [0.5, 0.6) is 23.0 Å². The highest BCUT2D eigenvalue weighted by molar-refractivity contribution is 6.35. The van der Waals surface area contributed by atoms with Gasteiger partial charge in [-0.2, -0.15) is 0 Å². The van der Waals surface area contributed by atoms with Crippen LogP contribution < -0.4 is 41.5 Å². The first-order chi connectivity index (χ1) is 31.0. The number of amides is 4. The zero-order chi connectivity index (χ0) is 44.0. The molecule has 4 amide bonds. The fourth-order valence-corrected chi connectivity index (χ4v) is 8.22. The second-order valence-electron chi connectivity index (χ2n) is 15.0. The van der Waals surface area contributed by atoms with Gasteiger partial charge in [-0.25, -0.2) is 18.9 Å². The van der Waals surface area contributed by atoms with Gasteiger partial charge in [0.15, 0.2) is 0 Å². The SMILES string of the molecule is O=C1c2ccccc2C(=O)N1c1ccc(Oc2ccc(-n3c(=O)c4cc5c(=O)n(-c6ccc(Oc7ccc(N8C(=O)c9ccccc9C8=O)cc7)cc6)c(=O)c5cc4c3=O)cc2)cc1. The third kappa shape index (κ3) is 5.74. The first kappa shape index (κ1) is 37.7. The fraction of sp³-hybridized carbons (Fsp3) is 0. The first-order valence-corrected chi connectivity index (χ1v) is 19.7. The van der Waals surface area contributed by atoms with Gasteiger partial charge in [0.1, 0.15) is 23.0 Å². The minimum atomic E-state index is -0.669. The number of anilines is 2. The third-order valence-corrected chi connectivity index (χ3v) is 11.3. The quantitative estimate of drug-likeness (QED) is 0.144. The minimum Gasteiger partial charge on any atom is -0.457 e. The molecule has 0 aliphatic carbocycles. The molecule has 2 aliphatic heterocycles. The minimum absolute atomic E-state index is 0.0250. The van der Waals surface area contributed by atoms with Crippen LogP contribution in [0.3, 0.4) is 0 Å². The summed E-state index contributed by atoms with van der Waals surface area (Å²) in [5.41, 5.74) is -0.0940. The number of hydrogen-bond donors (Lipinski definition) is 0. The highest BCUT2D eigenvalue weighted by Gasteiger charge is 2.37. The van der Waals surface area contributed by atoms with Crippen molar-refractivity contribution in [3.63, 3.8) is 0 Å². The van der Waals surface area contributed by atoms with Crippen LogP contribution in [0.4, 0.5) is 11.4 Å². The summed E-state index contributed by atoms with van der Waals surface area (Å²) in [6.07, 6.45) is 0. The summed E-state index contributed by atoms with van der Waals surface area (Å²) in [4.78, 5) is 109. The van der Waals surface area contributed by atoms with Gasteiger partial charge in [0, 0.05) is 0 Å². The van der Waals surface area contributed by atoms with E-state index >= 15 is 0 Å². The van der Waals surface area contributed by atoms with Crippen LogP contribution in [0.2, 0.25) is 0 Å². The van der Waals surface area contributed by atoms with E-state index in [9.17, 15) is 38.4 Å². The Balaban J connectivity index is 0.802. The monoisotopic (exact) mass is 842 g/mol. The van der Waals surface area contributed by atoms with E-state index in [1.165, 1.54) is 36.4 Å². The second kappa shape index (κ2) is 14.1. The molecule has 0 bridgehead atoms. The molecule has 14 nitrogen and oxygen atoms in total. The van der Waals surface area contributed by atoms with Crippen molar-refractivity contribution in [1.29, 1.82) is 0 Å². The lowest BCUT2D eigenvalue weighted by Gasteiger charge is -2.14. The Morgan fingerprint density at radius 3 is 0.766 bits per heavy atom. The van der Waals surface area contributed by atoms with Crippen LogP contribution in [0.1, 0.15) is 41.4 Å². The van der Waals surface area contributed by atoms with E-state index in [1.54, 1.807) is 121 Å². The van der Waals surface area contributed by atoms with Gasteiger partial charge in [-0.15, -0.1) is 0 Å². The largest absolute Gasteiger partial charge is 0.457 e. The van der Waals surface area contributed by atoms with Crippen LogP contribution in [0.25, 0.3) is 32.9 Å². The molecule has 0 unspecified atom stereocenters. The summed E-state index contributed by atoms with van der Waals surface area (Å²) < 4.78 is 13.8. The number of benzene rings is 7. The smallest absolute Gasteiger partial charge is 0.266 e. The Morgan fingerprint density at radius 2 is 0.516 bits per heavy atom. The van der Waals surface area contributed by atoms with Crippen molar-refractivity contribution in [2.75, 3.05) is 9.80 Å². The molecule has 11 rings (SSSR count). The molecule has 14 heteroatoms. The molecule has 9 aromatic rings. The summed E-state index contributed by atoms with van der Waals surface area (Å²) in [7, 11) is 0. The van der Waals surface area contributed by atoms with E-state index in [2.05, 4.69) is 0 Å². The Morgan fingerprint density at radius 1 is 0.281 bits per heavy atom. The number of carbonyl (C=O) groups is 4. The highest BCUT2D eigenvalue weighted by Crippen LogP contribution is 2.33. The molecule has 2 aliphatic rings.